The average molecular weight is 332 g/mol. The number of hydrogen-bond donors (Lipinski definition) is 1. The number of rotatable bonds is 2. The SMILES string of the molecule is O=C(C1CCCO1)N1CCc2nc(N3CCCCC3)[nH]c(=O)c2C1. The summed E-state index contributed by atoms with van der Waals surface area (Å²) in [5.41, 5.74) is 1.37. The van der Waals surface area contributed by atoms with Crippen LogP contribution in [0.1, 0.15) is 43.4 Å². The monoisotopic (exact) mass is 332 g/mol. The Kier molecular flexibility index (Phi) is 4.26. The molecule has 1 aromatic heterocycles. The molecule has 1 atom stereocenters. The van der Waals surface area contributed by atoms with Crippen LogP contribution in [-0.2, 0) is 22.5 Å². The first-order chi connectivity index (χ1) is 11.7. The van der Waals surface area contributed by atoms with Crippen molar-refractivity contribution in [1.82, 2.24) is 14.9 Å². The quantitative estimate of drug-likeness (QED) is 0.868. The number of aromatic amines is 1. The lowest BCUT2D eigenvalue weighted by Gasteiger charge is -2.31. The number of amides is 1. The minimum absolute atomic E-state index is 0.0117. The molecule has 4 heterocycles. The van der Waals surface area contributed by atoms with Crippen LogP contribution in [0, 0.1) is 0 Å². The first-order valence-corrected chi connectivity index (χ1v) is 9.00. The van der Waals surface area contributed by atoms with E-state index in [9.17, 15) is 9.59 Å². The van der Waals surface area contributed by atoms with Crippen LogP contribution in [0.4, 0.5) is 5.95 Å². The zero-order valence-electron chi connectivity index (χ0n) is 13.9. The van der Waals surface area contributed by atoms with Crippen molar-refractivity contribution in [2.45, 2.75) is 51.2 Å². The molecule has 0 bridgehead atoms. The van der Waals surface area contributed by atoms with Crippen LogP contribution in [0.5, 0.6) is 0 Å². The maximum Gasteiger partial charge on any atom is 0.257 e. The molecule has 0 aromatic carbocycles. The van der Waals surface area contributed by atoms with Gasteiger partial charge in [-0.05, 0) is 32.1 Å². The summed E-state index contributed by atoms with van der Waals surface area (Å²) in [4.78, 5) is 36.5. The molecule has 2 fully saturated rings. The van der Waals surface area contributed by atoms with Gasteiger partial charge < -0.3 is 14.5 Å². The number of nitrogens with one attached hydrogen (secondary N) is 1. The van der Waals surface area contributed by atoms with E-state index in [4.69, 9.17) is 9.72 Å². The summed E-state index contributed by atoms with van der Waals surface area (Å²) in [6.07, 6.45) is 5.55. The van der Waals surface area contributed by atoms with Crippen molar-refractivity contribution in [3.05, 3.63) is 21.6 Å². The summed E-state index contributed by atoms with van der Waals surface area (Å²) in [6.45, 7) is 3.51. The Balaban J connectivity index is 1.53. The Bertz CT molecular complexity index is 675. The zero-order chi connectivity index (χ0) is 16.5. The Morgan fingerprint density at radius 3 is 2.75 bits per heavy atom. The molecule has 7 heteroatoms. The molecule has 1 unspecified atom stereocenters. The molecule has 2 saturated heterocycles. The fourth-order valence-electron chi connectivity index (χ4n) is 3.83. The van der Waals surface area contributed by atoms with E-state index >= 15 is 0 Å². The highest BCUT2D eigenvalue weighted by molar-refractivity contribution is 5.81. The van der Waals surface area contributed by atoms with E-state index in [-0.39, 0.29) is 17.6 Å². The van der Waals surface area contributed by atoms with E-state index in [1.54, 1.807) is 4.90 Å². The van der Waals surface area contributed by atoms with Crippen LogP contribution in [0.2, 0.25) is 0 Å². The van der Waals surface area contributed by atoms with Crippen molar-refractivity contribution < 1.29 is 9.53 Å². The van der Waals surface area contributed by atoms with Crippen molar-refractivity contribution in [1.29, 1.82) is 0 Å². The topological polar surface area (TPSA) is 78.5 Å². The van der Waals surface area contributed by atoms with Crippen LogP contribution < -0.4 is 10.5 Å². The van der Waals surface area contributed by atoms with Gasteiger partial charge in [-0.15, -0.1) is 0 Å². The first-order valence-electron chi connectivity index (χ1n) is 9.00. The number of hydrogen-bond acceptors (Lipinski definition) is 5. The molecule has 130 valence electrons. The van der Waals surface area contributed by atoms with Crippen molar-refractivity contribution in [2.75, 3.05) is 31.1 Å². The molecule has 0 spiro atoms. The predicted octanol–water partition coefficient (Wildman–Crippen LogP) is 0.824. The van der Waals surface area contributed by atoms with Gasteiger partial charge in [0.25, 0.3) is 11.5 Å². The Morgan fingerprint density at radius 1 is 1.17 bits per heavy atom. The zero-order valence-corrected chi connectivity index (χ0v) is 13.9. The normalized spacial score (nSPS) is 24.1. The number of fused-ring (bicyclic) bond motifs is 1. The molecule has 7 nitrogen and oxygen atoms in total. The maximum atomic E-state index is 12.5. The van der Waals surface area contributed by atoms with E-state index in [0.717, 1.165) is 44.5 Å². The summed E-state index contributed by atoms with van der Waals surface area (Å²) in [7, 11) is 0. The van der Waals surface area contributed by atoms with Gasteiger partial charge in [0.2, 0.25) is 5.95 Å². The third-order valence-corrected chi connectivity index (χ3v) is 5.23. The van der Waals surface area contributed by atoms with Gasteiger partial charge in [-0.3, -0.25) is 14.6 Å². The minimum atomic E-state index is -0.328. The van der Waals surface area contributed by atoms with E-state index < -0.39 is 0 Å². The Morgan fingerprint density at radius 2 is 2.00 bits per heavy atom. The average Bonchev–Trinajstić information content (AvgIpc) is 3.16. The summed E-state index contributed by atoms with van der Waals surface area (Å²) < 4.78 is 5.49. The van der Waals surface area contributed by atoms with E-state index in [1.807, 2.05) is 0 Å². The molecule has 3 aliphatic rings. The predicted molar refractivity (Wildman–Crippen MR) is 89.0 cm³/mol. The summed E-state index contributed by atoms with van der Waals surface area (Å²) in [5.74, 6) is 0.704. The fraction of sp³-hybridized carbons (Fsp3) is 0.706. The third-order valence-electron chi connectivity index (χ3n) is 5.23. The van der Waals surface area contributed by atoms with Crippen molar-refractivity contribution in [3.63, 3.8) is 0 Å². The van der Waals surface area contributed by atoms with Crippen LogP contribution >= 0.6 is 0 Å². The largest absolute Gasteiger partial charge is 0.368 e. The Hall–Kier alpha value is -1.89. The van der Waals surface area contributed by atoms with Crippen molar-refractivity contribution in [2.24, 2.45) is 0 Å². The second-order valence-electron chi connectivity index (χ2n) is 6.87. The highest BCUT2D eigenvalue weighted by Crippen LogP contribution is 2.21. The summed E-state index contributed by atoms with van der Waals surface area (Å²) in [5, 5.41) is 0. The van der Waals surface area contributed by atoms with Gasteiger partial charge in [0.1, 0.15) is 6.10 Å². The number of piperidine rings is 1. The molecule has 0 saturated carbocycles. The van der Waals surface area contributed by atoms with Gasteiger partial charge in [0.15, 0.2) is 0 Å². The summed E-state index contributed by atoms with van der Waals surface area (Å²) in [6, 6.07) is 0. The number of H-pyrrole nitrogens is 1. The van der Waals surface area contributed by atoms with E-state index in [2.05, 4.69) is 9.88 Å². The smallest absolute Gasteiger partial charge is 0.257 e. The number of anilines is 1. The molecule has 4 rings (SSSR count). The molecule has 0 aliphatic carbocycles. The lowest BCUT2D eigenvalue weighted by atomic mass is 10.1. The maximum absolute atomic E-state index is 12.5. The second-order valence-corrected chi connectivity index (χ2v) is 6.87. The standard InChI is InChI=1S/C17H24N4O3/c22-15-12-11-21(16(23)14-5-4-10-24-14)9-6-13(12)18-17(19-15)20-7-2-1-3-8-20/h14H,1-11H2,(H,18,19,22). The van der Waals surface area contributed by atoms with Crippen LogP contribution in [0.15, 0.2) is 4.79 Å². The third kappa shape index (κ3) is 2.92. The molecule has 1 amide bonds. The lowest BCUT2D eigenvalue weighted by Crippen LogP contribution is -2.44. The van der Waals surface area contributed by atoms with Crippen LogP contribution in [0.3, 0.4) is 0 Å². The minimum Gasteiger partial charge on any atom is -0.368 e. The van der Waals surface area contributed by atoms with Gasteiger partial charge in [0.05, 0.1) is 17.8 Å². The van der Waals surface area contributed by atoms with E-state index in [0.29, 0.717) is 37.6 Å². The number of nitrogens with zero attached hydrogens (tertiary/aromatic N) is 3. The Labute approximate surface area is 141 Å². The fourth-order valence-corrected chi connectivity index (χ4v) is 3.83. The first kappa shape index (κ1) is 15.6. The van der Waals surface area contributed by atoms with Crippen molar-refractivity contribution in [3.8, 4) is 0 Å². The number of ether oxygens (including phenoxy) is 1. The van der Waals surface area contributed by atoms with Crippen LogP contribution in [0.25, 0.3) is 0 Å². The lowest BCUT2D eigenvalue weighted by molar-refractivity contribution is -0.141. The highest BCUT2D eigenvalue weighted by Gasteiger charge is 2.32. The second kappa shape index (κ2) is 6.55. The van der Waals surface area contributed by atoms with Crippen molar-refractivity contribution >= 4 is 11.9 Å². The number of carbonyl (C=O) groups is 1. The van der Waals surface area contributed by atoms with Gasteiger partial charge in [0, 0.05) is 32.7 Å². The highest BCUT2D eigenvalue weighted by atomic mass is 16.5. The number of aromatic nitrogens is 2. The molecule has 0 radical (unpaired) electrons. The van der Waals surface area contributed by atoms with Gasteiger partial charge in [-0.25, -0.2) is 4.98 Å². The molecular weight excluding hydrogens is 308 g/mol. The summed E-state index contributed by atoms with van der Waals surface area (Å²) >= 11 is 0. The molecule has 1 N–H and O–H groups in total. The van der Waals surface area contributed by atoms with Crippen LogP contribution in [-0.4, -0.2) is 53.1 Å². The van der Waals surface area contributed by atoms with Gasteiger partial charge in [-0.1, -0.05) is 0 Å². The molecule has 3 aliphatic heterocycles. The number of carbonyl (C=O) groups excluding carboxylic acids is 1. The van der Waals surface area contributed by atoms with Gasteiger partial charge >= 0.3 is 0 Å². The van der Waals surface area contributed by atoms with E-state index in [1.165, 1.54) is 6.42 Å². The molecular formula is C17H24N4O3. The molecule has 1 aromatic rings. The van der Waals surface area contributed by atoms with Gasteiger partial charge in [-0.2, -0.15) is 0 Å². The molecule has 24 heavy (non-hydrogen) atoms.